The van der Waals surface area contributed by atoms with Gasteiger partial charge in [-0.15, -0.1) is 0 Å². The van der Waals surface area contributed by atoms with Gasteiger partial charge in [0.25, 0.3) is 11.5 Å². The fraction of sp³-hybridized carbons (Fsp3) is 0.333. The van der Waals surface area contributed by atoms with E-state index >= 15 is 0 Å². The molecule has 4 aromatic rings. The third kappa shape index (κ3) is 4.32. The van der Waals surface area contributed by atoms with Gasteiger partial charge in [0.15, 0.2) is 0 Å². The fourth-order valence-electron chi connectivity index (χ4n) is 5.28. The maximum Gasteiger partial charge on any atom is 0.264 e. The summed E-state index contributed by atoms with van der Waals surface area (Å²) in [7, 11) is 0. The maximum atomic E-state index is 13.7. The molecular weight excluding hydrogens is 444 g/mol. The molecule has 0 bridgehead atoms. The Morgan fingerprint density at radius 3 is 2.66 bits per heavy atom. The van der Waals surface area contributed by atoms with Crippen molar-refractivity contribution in [1.29, 1.82) is 0 Å². The highest BCUT2D eigenvalue weighted by atomic mass is 16.5. The van der Waals surface area contributed by atoms with Gasteiger partial charge >= 0.3 is 0 Å². The summed E-state index contributed by atoms with van der Waals surface area (Å²) in [6, 6.07) is 14.7. The van der Waals surface area contributed by atoms with E-state index in [9.17, 15) is 14.4 Å². The normalized spacial score (nSPS) is 18.0. The number of nitrogens with one attached hydrogen (secondary N) is 2. The van der Waals surface area contributed by atoms with E-state index in [1.807, 2.05) is 41.0 Å². The van der Waals surface area contributed by atoms with E-state index in [1.165, 1.54) is 6.92 Å². The zero-order chi connectivity index (χ0) is 24.5. The molecule has 2 amide bonds. The number of carbonyl (C=O) groups excluding carboxylic acids is 2. The van der Waals surface area contributed by atoms with E-state index in [4.69, 9.17) is 4.52 Å². The van der Waals surface area contributed by atoms with Crippen molar-refractivity contribution in [1.82, 2.24) is 15.0 Å². The highest BCUT2D eigenvalue weighted by Gasteiger charge is 2.28. The molecule has 2 aromatic carbocycles. The van der Waals surface area contributed by atoms with Crippen LogP contribution in [0.5, 0.6) is 0 Å². The molecule has 2 heterocycles. The van der Waals surface area contributed by atoms with E-state index in [2.05, 4.69) is 15.8 Å². The third-order valence-electron chi connectivity index (χ3n) is 6.85. The Hall–Kier alpha value is -3.94. The molecule has 1 fully saturated rings. The monoisotopic (exact) mass is 472 g/mol. The molecule has 0 spiro atoms. The van der Waals surface area contributed by atoms with Crippen LogP contribution in [-0.2, 0) is 4.79 Å². The first-order valence-corrected chi connectivity index (χ1v) is 12.0. The molecule has 1 saturated carbocycles. The first-order valence-electron chi connectivity index (χ1n) is 12.0. The molecule has 0 aliphatic heterocycles. The van der Waals surface area contributed by atoms with Crippen LogP contribution in [0.15, 0.2) is 57.8 Å². The summed E-state index contributed by atoms with van der Waals surface area (Å²) < 4.78 is 7.26. The molecule has 2 atom stereocenters. The van der Waals surface area contributed by atoms with E-state index in [1.54, 1.807) is 19.1 Å². The summed E-state index contributed by atoms with van der Waals surface area (Å²) in [5, 5.41) is 11.2. The number of hydrogen-bond donors (Lipinski definition) is 2. The lowest BCUT2D eigenvalue weighted by molar-refractivity contribution is -0.114. The average Bonchev–Trinajstić information content (AvgIpc) is 3.25. The molecule has 8 heteroatoms. The lowest BCUT2D eigenvalue weighted by atomic mass is 9.85. The second kappa shape index (κ2) is 9.37. The predicted octanol–water partition coefficient (Wildman–Crippen LogP) is 4.57. The van der Waals surface area contributed by atoms with Gasteiger partial charge in [0.1, 0.15) is 16.7 Å². The van der Waals surface area contributed by atoms with Crippen LogP contribution in [0.4, 0.5) is 5.69 Å². The Kier molecular flexibility index (Phi) is 6.11. The smallest absolute Gasteiger partial charge is 0.264 e. The van der Waals surface area contributed by atoms with E-state index in [0.717, 1.165) is 31.2 Å². The number of anilines is 1. The summed E-state index contributed by atoms with van der Waals surface area (Å²) in [6.07, 6.45) is 3.57. The number of aryl methyl sites for hydroxylation is 1. The number of aromatic nitrogens is 2. The van der Waals surface area contributed by atoms with E-state index in [0.29, 0.717) is 39.8 Å². The number of carbonyl (C=O) groups is 2. The molecule has 1 aliphatic carbocycles. The minimum atomic E-state index is -0.199. The summed E-state index contributed by atoms with van der Waals surface area (Å²) in [6.45, 7) is 3.74. The van der Waals surface area contributed by atoms with E-state index < -0.39 is 0 Å². The molecule has 8 nitrogen and oxygen atoms in total. The van der Waals surface area contributed by atoms with Gasteiger partial charge < -0.3 is 19.7 Å². The molecule has 2 unspecified atom stereocenters. The number of hydrogen-bond acceptors (Lipinski definition) is 5. The Labute approximate surface area is 202 Å². The Morgan fingerprint density at radius 1 is 1.09 bits per heavy atom. The molecule has 0 radical (unpaired) electrons. The van der Waals surface area contributed by atoms with Crippen LogP contribution in [0.25, 0.3) is 21.8 Å². The van der Waals surface area contributed by atoms with Gasteiger partial charge in [0, 0.05) is 25.1 Å². The standard InChI is InChI=1S/C27H28N4O4/c1-16-23-25(30-35-16)24-21(29-17(2)32)12-7-13-22(24)31(27(23)34)20-11-6-8-18(14-20)15-28-26(33)19-9-4-3-5-10-19/h3-5,7,9-10,12-13,18,20H,6,8,11,14-15H2,1-2H3,(H,28,33)(H,29,32). The van der Waals surface area contributed by atoms with Crippen LogP contribution >= 0.6 is 0 Å². The summed E-state index contributed by atoms with van der Waals surface area (Å²) in [5.74, 6) is 0.425. The van der Waals surface area contributed by atoms with Crippen LogP contribution < -0.4 is 16.2 Å². The Bertz CT molecular complexity index is 1470. The lowest BCUT2D eigenvalue weighted by Gasteiger charge is -2.31. The Balaban J connectivity index is 1.50. The molecule has 5 rings (SSSR count). The number of benzene rings is 2. The van der Waals surface area contributed by atoms with Crippen molar-refractivity contribution in [2.75, 3.05) is 11.9 Å². The zero-order valence-electron chi connectivity index (χ0n) is 19.8. The van der Waals surface area contributed by atoms with E-state index in [-0.39, 0.29) is 29.3 Å². The number of nitrogens with zero attached hydrogens (tertiary/aromatic N) is 2. The van der Waals surface area contributed by atoms with Crippen molar-refractivity contribution in [2.45, 2.75) is 45.6 Å². The highest BCUT2D eigenvalue weighted by molar-refractivity contribution is 6.12. The fourth-order valence-corrected chi connectivity index (χ4v) is 5.28. The molecule has 1 aliphatic rings. The lowest BCUT2D eigenvalue weighted by Crippen LogP contribution is -2.34. The first-order chi connectivity index (χ1) is 16.9. The van der Waals surface area contributed by atoms with Crippen LogP contribution in [-0.4, -0.2) is 28.1 Å². The Morgan fingerprint density at radius 2 is 1.89 bits per heavy atom. The number of pyridine rings is 1. The molecule has 180 valence electrons. The molecule has 2 N–H and O–H groups in total. The largest absolute Gasteiger partial charge is 0.360 e. The van der Waals surface area contributed by atoms with Gasteiger partial charge in [0.05, 0.1) is 16.6 Å². The molecule has 35 heavy (non-hydrogen) atoms. The first kappa shape index (κ1) is 22.8. The quantitative estimate of drug-likeness (QED) is 0.443. The topological polar surface area (TPSA) is 106 Å². The third-order valence-corrected chi connectivity index (χ3v) is 6.85. The van der Waals surface area contributed by atoms with Gasteiger partial charge in [-0.05, 0) is 56.4 Å². The summed E-state index contributed by atoms with van der Waals surface area (Å²) >= 11 is 0. The predicted molar refractivity (Wildman–Crippen MR) is 135 cm³/mol. The van der Waals surface area contributed by atoms with Crippen molar-refractivity contribution >= 4 is 39.3 Å². The molecule has 2 aromatic heterocycles. The zero-order valence-corrected chi connectivity index (χ0v) is 19.8. The van der Waals surface area contributed by atoms with Gasteiger partial charge in [-0.2, -0.15) is 0 Å². The average molecular weight is 473 g/mol. The van der Waals surface area contributed by atoms with Gasteiger partial charge in [-0.1, -0.05) is 35.8 Å². The summed E-state index contributed by atoms with van der Waals surface area (Å²) in [5.41, 5.74) is 2.29. The van der Waals surface area contributed by atoms with Gasteiger partial charge in [-0.25, -0.2) is 0 Å². The van der Waals surface area contributed by atoms with Gasteiger partial charge in [0.2, 0.25) is 5.91 Å². The second-order valence-electron chi connectivity index (χ2n) is 9.28. The van der Waals surface area contributed by atoms with Crippen LogP contribution in [0.3, 0.4) is 0 Å². The number of rotatable bonds is 5. The van der Waals surface area contributed by atoms with Crippen LogP contribution in [0.2, 0.25) is 0 Å². The number of amides is 2. The minimum Gasteiger partial charge on any atom is -0.360 e. The van der Waals surface area contributed by atoms with Crippen molar-refractivity contribution in [3.63, 3.8) is 0 Å². The maximum absolute atomic E-state index is 13.7. The molecule has 0 saturated heterocycles. The summed E-state index contributed by atoms with van der Waals surface area (Å²) in [4.78, 5) is 38.1. The van der Waals surface area contributed by atoms with Gasteiger partial charge in [-0.3, -0.25) is 14.4 Å². The van der Waals surface area contributed by atoms with Crippen molar-refractivity contribution in [2.24, 2.45) is 5.92 Å². The second-order valence-corrected chi connectivity index (χ2v) is 9.28. The molecular formula is C27H28N4O4. The SMILES string of the molecule is CC(=O)Nc1cccc2c1c1noc(C)c1c(=O)n2C1CCCC(CNC(=O)c2ccccc2)C1. The highest BCUT2D eigenvalue weighted by Crippen LogP contribution is 2.37. The van der Waals surface area contributed by atoms with Crippen LogP contribution in [0, 0.1) is 12.8 Å². The van der Waals surface area contributed by atoms with Crippen LogP contribution in [0.1, 0.15) is 54.8 Å². The van der Waals surface area contributed by atoms with Crippen molar-refractivity contribution < 1.29 is 14.1 Å². The van der Waals surface area contributed by atoms with Crippen molar-refractivity contribution in [3.05, 3.63) is 70.2 Å². The number of fused-ring (bicyclic) bond motifs is 3. The minimum absolute atomic E-state index is 0.0383. The van der Waals surface area contributed by atoms with Crippen molar-refractivity contribution in [3.8, 4) is 0 Å².